The summed E-state index contributed by atoms with van der Waals surface area (Å²) in [5.41, 5.74) is 2.72. The summed E-state index contributed by atoms with van der Waals surface area (Å²) < 4.78 is 1.84. The van der Waals surface area contributed by atoms with E-state index in [1.165, 1.54) is 0 Å². The average Bonchev–Trinajstić information content (AvgIpc) is 3.41. The minimum atomic E-state index is -0.116. The molecular formula is C19H26N6O. The van der Waals surface area contributed by atoms with E-state index >= 15 is 0 Å². The molecule has 1 amide bonds. The molecule has 1 aliphatic heterocycles. The lowest BCUT2D eigenvalue weighted by molar-refractivity contribution is 0.102. The number of nitrogens with one attached hydrogen (secondary N) is 1. The molecule has 0 spiro atoms. The summed E-state index contributed by atoms with van der Waals surface area (Å²) >= 11 is 0. The van der Waals surface area contributed by atoms with E-state index in [1.54, 1.807) is 6.20 Å². The first-order valence-electron chi connectivity index (χ1n) is 9.42. The molecule has 1 saturated heterocycles. The number of likely N-dealkylation sites (N-methyl/N-ethyl adjacent to an activating group) is 1. The van der Waals surface area contributed by atoms with Crippen molar-refractivity contribution in [1.29, 1.82) is 0 Å². The van der Waals surface area contributed by atoms with Crippen molar-refractivity contribution < 1.29 is 4.79 Å². The quantitative estimate of drug-likeness (QED) is 0.891. The van der Waals surface area contributed by atoms with Gasteiger partial charge in [0.15, 0.2) is 0 Å². The van der Waals surface area contributed by atoms with Gasteiger partial charge in [-0.15, -0.1) is 0 Å². The molecule has 1 saturated carbocycles. The summed E-state index contributed by atoms with van der Waals surface area (Å²) in [6.45, 7) is 6.87. The standard InChI is InChI=1S/C19H26N6O/c1-3-25-13-16(18(22-25)14-4-5-14)19(26)21-17-12-15(6-7-20-17)24-10-8-23(2)9-11-24/h6-7,12-14H,3-5,8-11H2,1-2H3,(H,20,21,26). The molecule has 1 N–H and O–H groups in total. The van der Waals surface area contributed by atoms with Gasteiger partial charge in [0.2, 0.25) is 0 Å². The van der Waals surface area contributed by atoms with Crippen molar-refractivity contribution in [2.75, 3.05) is 43.4 Å². The molecular weight excluding hydrogens is 328 g/mol. The molecule has 3 heterocycles. The van der Waals surface area contributed by atoms with Gasteiger partial charge in [-0.25, -0.2) is 4.98 Å². The van der Waals surface area contributed by atoms with Crippen molar-refractivity contribution >= 4 is 17.4 Å². The third-order valence-electron chi connectivity index (χ3n) is 5.18. The lowest BCUT2D eigenvalue weighted by Crippen LogP contribution is -2.44. The van der Waals surface area contributed by atoms with Crippen molar-refractivity contribution in [3.8, 4) is 0 Å². The molecule has 7 heteroatoms. The van der Waals surface area contributed by atoms with Crippen LogP contribution in [-0.2, 0) is 6.54 Å². The van der Waals surface area contributed by atoms with E-state index in [1.807, 2.05) is 29.9 Å². The van der Waals surface area contributed by atoms with Crippen molar-refractivity contribution in [3.05, 3.63) is 35.8 Å². The van der Waals surface area contributed by atoms with Gasteiger partial charge < -0.3 is 15.1 Å². The number of hydrogen-bond donors (Lipinski definition) is 1. The zero-order valence-electron chi connectivity index (χ0n) is 15.5. The lowest BCUT2D eigenvalue weighted by atomic mass is 10.1. The van der Waals surface area contributed by atoms with Crippen LogP contribution in [0.15, 0.2) is 24.5 Å². The molecule has 26 heavy (non-hydrogen) atoms. The summed E-state index contributed by atoms with van der Waals surface area (Å²) in [6, 6.07) is 3.97. The summed E-state index contributed by atoms with van der Waals surface area (Å²) in [5.74, 6) is 0.917. The number of aryl methyl sites for hydroxylation is 1. The highest BCUT2D eigenvalue weighted by atomic mass is 16.1. The number of anilines is 2. The molecule has 0 unspecified atom stereocenters. The fourth-order valence-corrected chi connectivity index (χ4v) is 3.36. The monoisotopic (exact) mass is 354 g/mol. The maximum Gasteiger partial charge on any atom is 0.260 e. The maximum absolute atomic E-state index is 12.8. The largest absolute Gasteiger partial charge is 0.369 e. The smallest absolute Gasteiger partial charge is 0.260 e. The molecule has 4 rings (SSSR count). The van der Waals surface area contributed by atoms with E-state index in [-0.39, 0.29) is 5.91 Å². The van der Waals surface area contributed by atoms with E-state index in [2.05, 4.69) is 32.2 Å². The number of rotatable bonds is 5. The van der Waals surface area contributed by atoms with Gasteiger partial charge >= 0.3 is 0 Å². The molecule has 0 atom stereocenters. The van der Waals surface area contributed by atoms with Crippen LogP contribution in [0.25, 0.3) is 0 Å². The van der Waals surface area contributed by atoms with E-state index in [9.17, 15) is 4.79 Å². The van der Waals surface area contributed by atoms with Crippen LogP contribution < -0.4 is 10.2 Å². The molecule has 0 radical (unpaired) electrons. The number of carbonyl (C=O) groups is 1. The second kappa shape index (κ2) is 7.07. The van der Waals surface area contributed by atoms with Crippen LogP contribution in [0, 0.1) is 0 Å². The highest BCUT2D eigenvalue weighted by Gasteiger charge is 2.31. The van der Waals surface area contributed by atoms with Gasteiger partial charge in [-0.05, 0) is 32.9 Å². The predicted octanol–water partition coefficient (Wildman–Crippen LogP) is 2.18. The molecule has 7 nitrogen and oxygen atoms in total. The minimum absolute atomic E-state index is 0.116. The molecule has 0 bridgehead atoms. The maximum atomic E-state index is 12.8. The van der Waals surface area contributed by atoms with Crippen LogP contribution in [0.3, 0.4) is 0 Å². The average molecular weight is 354 g/mol. The Balaban J connectivity index is 1.50. The third-order valence-corrected chi connectivity index (χ3v) is 5.18. The summed E-state index contributed by atoms with van der Waals surface area (Å²) in [4.78, 5) is 21.8. The second-order valence-corrected chi connectivity index (χ2v) is 7.20. The van der Waals surface area contributed by atoms with Gasteiger partial charge in [0.1, 0.15) is 5.82 Å². The Kier molecular flexibility index (Phi) is 4.63. The summed E-state index contributed by atoms with van der Waals surface area (Å²) in [7, 11) is 2.14. The van der Waals surface area contributed by atoms with Crippen LogP contribution in [0.1, 0.15) is 41.7 Å². The zero-order valence-corrected chi connectivity index (χ0v) is 15.5. The Morgan fingerprint density at radius 2 is 2.04 bits per heavy atom. The van der Waals surface area contributed by atoms with Gasteiger partial charge in [-0.3, -0.25) is 9.48 Å². The Bertz CT molecular complexity index is 789. The van der Waals surface area contributed by atoms with Gasteiger partial charge in [-0.2, -0.15) is 5.10 Å². The first-order valence-corrected chi connectivity index (χ1v) is 9.42. The summed E-state index contributed by atoms with van der Waals surface area (Å²) in [5, 5.41) is 7.54. The Labute approximate surface area is 154 Å². The fraction of sp³-hybridized carbons (Fsp3) is 0.526. The van der Waals surface area contributed by atoms with E-state index < -0.39 is 0 Å². The highest BCUT2D eigenvalue weighted by Crippen LogP contribution is 2.40. The van der Waals surface area contributed by atoms with Crippen molar-refractivity contribution in [1.82, 2.24) is 19.7 Å². The minimum Gasteiger partial charge on any atom is -0.369 e. The number of pyridine rings is 1. The van der Waals surface area contributed by atoms with E-state index in [0.29, 0.717) is 17.3 Å². The number of amides is 1. The van der Waals surface area contributed by atoms with Crippen LogP contribution in [0.2, 0.25) is 0 Å². The zero-order chi connectivity index (χ0) is 18.1. The SMILES string of the molecule is CCn1cc(C(=O)Nc2cc(N3CCN(C)CC3)ccn2)c(C2CC2)n1. The van der Waals surface area contributed by atoms with Crippen LogP contribution in [0.4, 0.5) is 11.5 Å². The topological polar surface area (TPSA) is 66.3 Å². The van der Waals surface area contributed by atoms with Crippen molar-refractivity contribution in [3.63, 3.8) is 0 Å². The van der Waals surface area contributed by atoms with Crippen LogP contribution in [0.5, 0.6) is 0 Å². The number of carbonyl (C=O) groups excluding carboxylic acids is 1. The number of nitrogens with zero attached hydrogens (tertiary/aromatic N) is 5. The fourth-order valence-electron chi connectivity index (χ4n) is 3.36. The molecule has 0 aromatic carbocycles. The third kappa shape index (κ3) is 3.58. The first kappa shape index (κ1) is 17.0. The Hall–Kier alpha value is -2.41. The molecule has 2 aromatic rings. The van der Waals surface area contributed by atoms with Gasteiger partial charge in [0.05, 0.1) is 11.3 Å². The normalized spacial score (nSPS) is 18.2. The molecule has 138 valence electrons. The molecule has 2 aromatic heterocycles. The van der Waals surface area contributed by atoms with Crippen LogP contribution in [-0.4, -0.2) is 58.8 Å². The highest BCUT2D eigenvalue weighted by molar-refractivity contribution is 6.04. The van der Waals surface area contributed by atoms with Crippen molar-refractivity contribution in [2.45, 2.75) is 32.2 Å². The van der Waals surface area contributed by atoms with Crippen molar-refractivity contribution in [2.24, 2.45) is 0 Å². The van der Waals surface area contributed by atoms with Gasteiger partial charge in [0, 0.05) is 62.8 Å². The van der Waals surface area contributed by atoms with E-state index in [4.69, 9.17) is 0 Å². The van der Waals surface area contributed by atoms with Gasteiger partial charge in [-0.1, -0.05) is 0 Å². The lowest BCUT2D eigenvalue weighted by Gasteiger charge is -2.34. The predicted molar refractivity (Wildman–Crippen MR) is 102 cm³/mol. The Morgan fingerprint density at radius 3 is 2.73 bits per heavy atom. The molecule has 1 aliphatic carbocycles. The van der Waals surface area contributed by atoms with Crippen LogP contribution >= 0.6 is 0 Å². The van der Waals surface area contributed by atoms with E-state index in [0.717, 1.165) is 56.9 Å². The first-order chi connectivity index (χ1) is 12.6. The number of piperazine rings is 1. The summed E-state index contributed by atoms with van der Waals surface area (Å²) in [6.07, 6.45) is 5.87. The molecule has 2 fully saturated rings. The van der Waals surface area contributed by atoms with Gasteiger partial charge in [0.25, 0.3) is 5.91 Å². The second-order valence-electron chi connectivity index (χ2n) is 7.20. The Morgan fingerprint density at radius 1 is 1.27 bits per heavy atom. The number of hydrogen-bond acceptors (Lipinski definition) is 5. The molecule has 2 aliphatic rings. The number of aromatic nitrogens is 3.